The molecule has 0 radical (unpaired) electrons. The molecule has 0 saturated heterocycles. The molecule has 0 spiro atoms. The third-order valence-electron chi connectivity index (χ3n) is 3.54. The maximum absolute atomic E-state index is 12.3. The maximum atomic E-state index is 12.3. The molecular weight excluding hydrogens is 324 g/mol. The minimum Gasteiger partial charge on any atom is -0.493 e. The van der Waals surface area contributed by atoms with E-state index in [-0.39, 0.29) is 12.4 Å². The van der Waals surface area contributed by atoms with E-state index in [2.05, 4.69) is 10.2 Å². The summed E-state index contributed by atoms with van der Waals surface area (Å²) in [7, 11) is 3.06. The van der Waals surface area contributed by atoms with Gasteiger partial charge in [0.25, 0.3) is 0 Å². The zero-order valence-corrected chi connectivity index (χ0v) is 13.8. The van der Waals surface area contributed by atoms with Crippen LogP contribution in [-0.4, -0.2) is 36.8 Å². The number of benzene rings is 2. The van der Waals surface area contributed by atoms with Gasteiger partial charge >= 0.3 is 0 Å². The van der Waals surface area contributed by atoms with Crippen LogP contribution in [0.1, 0.15) is 10.4 Å². The monoisotopic (exact) mass is 340 g/mol. The molecular formula is C18H16N2O5. The predicted molar refractivity (Wildman–Crippen MR) is 89.1 cm³/mol. The third-order valence-corrected chi connectivity index (χ3v) is 3.54. The summed E-state index contributed by atoms with van der Waals surface area (Å²) in [6.45, 7) is -0.0879. The highest BCUT2D eigenvalue weighted by Gasteiger charge is 2.12. The molecule has 0 fully saturated rings. The molecule has 2 aromatic carbocycles. The van der Waals surface area contributed by atoms with E-state index in [1.165, 1.54) is 13.5 Å². The van der Waals surface area contributed by atoms with E-state index in [1.54, 1.807) is 49.6 Å². The first kappa shape index (κ1) is 16.5. The number of carbonyl (C=O) groups excluding carboxylic acids is 1. The second kappa shape index (κ2) is 7.48. The van der Waals surface area contributed by atoms with Gasteiger partial charge in [-0.1, -0.05) is 0 Å². The highest BCUT2D eigenvalue weighted by Crippen LogP contribution is 2.28. The van der Waals surface area contributed by atoms with Crippen LogP contribution in [0.15, 0.2) is 53.3 Å². The zero-order chi connectivity index (χ0) is 17.6. The number of ketones is 1. The van der Waals surface area contributed by atoms with E-state index < -0.39 is 0 Å². The third kappa shape index (κ3) is 3.77. The van der Waals surface area contributed by atoms with Gasteiger partial charge in [0, 0.05) is 11.1 Å². The Bertz CT molecular complexity index is 844. The molecule has 3 aromatic rings. The number of Topliss-reactive ketones (excluding diaryl/α,β-unsaturated/α-hetero) is 1. The quantitative estimate of drug-likeness (QED) is 0.611. The van der Waals surface area contributed by atoms with Crippen molar-refractivity contribution in [3.05, 3.63) is 54.4 Å². The van der Waals surface area contributed by atoms with Gasteiger partial charge in [0.2, 0.25) is 12.3 Å². The second-order valence-electron chi connectivity index (χ2n) is 5.05. The molecule has 7 heteroatoms. The summed E-state index contributed by atoms with van der Waals surface area (Å²) in [5.41, 5.74) is 1.26. The summed E-state index contributed by atoms with van der Waals surface area (Å²) in [5, 5.41) is 7.46. The van der Waals surface area contributed by atoms with Crippen molar-refractivity contribution in [1.29, 1.82) is 0 Å². The van der Waals surface area contributed by atoms with Crippen LogP contribution in [0.3, 0.4) is 0 Å². The lowest BCUT2D eigenvalue weighted by molar-refractivity contribution is 0.0921. The Hall–Kier alpha value is -3.35. The number of ether oxygens (including phenoxy) is 3. The van der Waals surface area contributed by atoms with Crippen molar-refractivity contribution >= 4 is 5.78 Å². The van der Waals surface area contributed by atoms with Crippen LogP contribution in [0.25, 0.3) is 11.5 Å². The Morgan fingerprint density at radius 2 is 1.80 bits per heavy atom. The number of rotatable bonds is 7. The molecule has 25 heavy (non-hydrogen) atoms. The van der Waals surface area contributed by atoms with Crippen molar-refractivity contribution in [2.24, 2.45) is 0 Å². The smallest absolute Gasteiger partial charge is 0.247 e. The van der Waals surface area contributed by atoms with E-state index in [9.17, 15) is 4.79 Å². The highest BCUT2D eigenvalue weighted by molar-refractivity contribution is 5.97. The van der Waals surface area contributed by atoms with Gasteiger partial charge in [-0.05, 0) is 42.5 Å². The van der Waals surface area contributed by atoms with Crippen molar-refractivity contribution in [2.75, 3.05) is 20.8 Å². The fraction of sp³-hybridized carbons (Fsp3) is 0.167. The largest absolute Gasteiger partial charge is 0.493 e. The average molecular weight is 340 g/mol. The van der Waals surface area contributed by atoms with E-state index in [0.717, 1.165) is 5.56 Å². The summed E-state index contributed by atoms with van der Waals surface area (Å²) < 4.78 is 21.0. The van der Waals surface area contributed by atoms with Gasteiger partial charge in [0.05, 0.1) is 14.2 Å². The predicted octanol–water partition coefficient (Wildman–Crippen LogP) is 3.02. The lowest BCUT2D eigenvalue weighted by Crippen LogP contribution is -2.11. The molecule has 0 aliphatic carbocycles. The van der Waals surface area contributed by atoms with Crippen LogP contribution in [0.4, 0.5) is 0 Å². The van der Waals surface area contributed by atoms with Crippen LogP contribution in [0.5, 0.6) is 17.2 Å². The summed E-state index contributed by atoms with van der Waals surface area (Å²) in [6, 6.07) is 12.0. The second-order valence-corrected chi connectivity index (χ2v) is 5.05. The van der Waals surface area contributed by atoms with E-state index in [4.69, 9.17) is 18.6 Å². The van der Waals surface area contributed by atoms with Gasteiger partial charge < -0.3 is 18.6 Å². The highest BCUT2D eigenvalue weighted by atomic mass is 16.5. The molecule has 1 aromatic heterocycles. The van der Waals surface area contributed by atoms with Crippen molar-refractivity contribution in [3.8, 4) is 28.7 Å². The summed E-state index contributed by atoms with van der Waals surface area (Å²) >= 11 is 0. The molecule has 0 aliphatic heterocycles. The molecule has 0 saturated carbocycles. The van der Waals surface area contributed by atoms with Crippen molar-refractivity contribution < 1.29 is 23.4 Å². The SMILES string of the molecule is COc1ccc(C(=O)COc2ccc(-c3nnco3)cc2)cc1OC. The first-order chi connectivity index (χ1) is 12.2. The minimum absolute atomic E-state index is 0.0879. The number of methoxy groups -OCH3 is 2. The summed E-state index contributed by atoms with van der Waals surface area (Å²) in [4.78, 5) is 12.3. The Morgan fingerprint density at radius 3 is 2.44 bits per heavy atom. The van der Waals surface area contributed by atoms with Gasteiger partial charge in [-0.25, -0.2) is 0 Å². The normalized spacial score (nSPS) is 10.3. The molecule has 0 unspecified atom stereocenters. The van der Waals surface area contributed by atoms with Gasteiger partial charge in [0.1, 0.15) is 5.75 Å². The molecule has 0 bridgehead atoms. The summed E-state index contributed by atoms with van der Waals surface area (Å²) in [5.74, 6) is 1.89. The van der Waals surface area contributed by atoms with Gasteiger partial charge in [-0.3, -0.25) is 4.79 Å². The van der Waals surface area contributed by atoms with Crippen molar-refractivity contribution in [1.82, 2.24) is 10.2 Å². The minimum atomic E-state index is -0.165. The van der Waals surface area contributed by atoms with Crippen LogP contribution in [0, 0.1) is 0 Å². The first-order valence-electron chi connectivity index (χ1n) is 7.46. The van der Waals surface area contributed by atoms with E-state index >= 15 is 0 Å². The molecule has 7 nitrogen and oxygen atoms in total. The number of nitrogens with zero attached hydrogens (tertiary/aromatic N) is 2. The first-order valence-corrected chi connectivity index (χ1v) is 7.46. The fourth-order valence-electron chi connectivity index (χ4n) is 2.23. The van der Waals surface area contributed by atoms with Gasteiger partial charge in [-0.2, -0.15) is 0 Å². The molecule has 3 rings (SSSR count). The van der Waals surface area contributed by atoms with E-state index in [1.807, 2.05) is 0 Å². The molecule has 0 amide bonds. The Morgan fingerprint density at radius 1 is 1.04 bits per heavy atom. The van der Waals surface area contributed by atoms with Crippen LogP contribution >= 0.6 is 0 Å². The fourth-order valence-corrected chi connectivity index (χ4v) is 2.23. The van der Waals surface area contributed by atoms with Crippen molar-refractivity contribution in [3.63, 3.8) is 0 Å². The van der Waals surface area contributed by atoms with E-state index in [0.29, 0.717) is 28.7 Å². The molecule has 1 heterocycles. The average Bonchev–Trinajstić information content (AvgIpc) is 3.20. The van der Waals surface area contributed by atoms with Crippen LogP contribution in [0.2, 0.25) is 0 Å². The van der Waals surface area contributed by atoms with Crippen molar-refractivity contribution in [2.45, 2.75) is 0 Å². The van der Waals surface area contributed by atoms with Crippen LogP contribution in [-0.2, 0) is 0 Å². The summed E-state index contributed by atoms with van der Waals surface area (Å²) in [6.07, 6.45) is 1.27. The number of hydrogen-bond acceptors (Lipinski definition) is 7. The Kier molecular flexibility index (Phi) is 4.94. The number of aromatic nitrogens is 2. The molecule has 0 aliphatic rings. The molecule has 128 valence electrons. The Balaban J connectivity index is 1.64. The maximum Gasteiger partial charge on any atom is 0.247 e. The lowest BCUT2D eigenvalue weighted by Gasteiger charge is -2.10. The Labute approximate surface area is 144 Å². The van der Waals surface area contributed by atoms with Gasteiger partial charge in [0.15, 0.2) is 23.9 Å². The lowest BCUT2D eigenvalue weighted by atomic mass is 10.1. The zero-order valence-electron chi connectivity index (χ0n) is 13.8. The number of hydrogen-bond donors (Lipinski definition) is 0. The van der Waals surface area contributed by atoms with Gasteiger partial charge in [-0.15, -0.1) is 10.2 Å². The molecule has 0 N–H and O–H groups in total. The molecule has 0 atom stereocenters. The topological polar surface area (TPSA) is 83.7 Å². The number of carbonyl (C=O) groups is 1. The standard InChI is InChI=1S/C18H16N2O5/c1-22-16-8-5-13(9-17(16)23-2)15(21)10-24-14-6-3-12(4-7-14)18-20-19-11-25-18/h3-9,11H,10H2,1-2H3. The van der Waals surface area contributed by atoms with Crippen LogP contribution < -0.4 is 14.2 Å².